The zero-order chi connectivity index (χ0) is 16.1. The van der Waals surface area contributed by atoms with Crippen LogP contribution in [0.2, 0.25) is 0 Å². The van der Waals surface area contributed by atoms with Gasteiger partial charge in [-0.05, 0) is 49.6 Å². The van der Waals surface area contributed by atoms with Crippen molar-refractivity contribution in [3.63, 3.8) is 0 Å². The average Bonchev–Trinajstić information content (AvgIpc) is 2.50. The highest BCUT2D eigenvalue weighted by atomic mass is 16.5. The van der Waals surface area contributed by atoms with Crippen LogP contribution in [0.1, 0.15) is 29.7 Å². The molecule has 22 heavy (non-hydrogen) atoms. The van der Waals surface area contributed by atoms with Crippen molar-refractivity contribution >= 4 is 11.7 Å². The van der Waals surface area contributed by atoms with Crippen LogP contribution in [-0.2, 0) is 0 Å². The summed E-state index contributed by atoms with van der Waals surface area (Å²) in [5.41, 5.74) is 4.25. The van der Waals surface area contributed by atoms with Gasteiger partial charge in [0.25, 0.3) is 0 Å². The van der Waals surface area contributed by atoms with Crippen molar-refractivity contribution in [1.29, 1.82) is 0 Å². The first kappa shape index (κ1) is 15.9. The molecular weight excluding hydrogens is 276 g/mol. The molecule has 0 saturated carbocycles. The highest BCUT2D eigenvalue weighted by Gasteiger charge is 2.10. The molecule has 4 nitrogen and oxygen atoms in total. The fourth-order valence-electron chi connectivity index (χ4n) is 2.18. The van der Waals surface area contributed by atoms with Crippen LogP contribution in [0.15, 0.2) is 42.5 Å². The van der Waals surface area contributed by atoms with Crippen LogP contribution in [-0.4, -0.2) is 13.1 Å². The molecule has 1 unspecified atom stereocenters. The van der Waals surface area contributed by atoms with Gasteiger partial charge in [-0.15, -0.1) is 0 Å². The zero-order valence-corrected chi connectivity index (χ0v) is 13.4. The number of methoxy groups -OCH3 is 1. The number of rotatable bonds is 4. The number of nitrogens with one attached hydrogen (secondary N) is 2. The summed E-state index contributed by atoms with van der Waals surface area (Å²) in [6, 6.07) is 13.2. The smallest absolute Gasteiger partial charge is 0.319 e. The van der Waals surface area contributed by atoms with Gasteiger partial charge in [0, 0.05) is 11.8 Å². The number of urea groups is 1. The van der Waals surface area contributed by atoms with Crippen molar-refractivity contribution in [2.24, 2.45) is 0 Å². The van der Waals surface area contributed by atoms with Gasteiger partial charge in [0.05, 0.1) is 13.2 Å². The average molecular weight is 298 g/mol. The summed E-state index contributed by atoms with van der Waals surface area (Å²) in [6.45, 7) is 6.11. The molecule has 0 aliphatic rings. The van der Waals surface area contributed by atoms with E-state index in [1.54, 1.807) is 13.2 Å². The number of carbonyl (C=O) groups is 1. The second-order valence-corrected chi connectivity index (χ2v) is 5.40. The lowest BCUT2D eigenvalue weighted by Crippen LogP contribution is -2.31. The molecular formula is C18H22N2O2. The molecule has 2 aromatic carbocycles. The fourth-order valence-corrected chi connectivity index (χ4v) is 2.18. The van der Waals surface area contributed by atoms with Crippen LogP contribution in [0.25, 0.3) is 0 Å². The lowest BCUT2D eigenvalue weighted by atomic mass is 10.0. The first-order chi connectivity index (χ1) is 10.5. The molecule has 116 valence electrons. The normalized spacial score (nSPS) is 11.6. The Hall–Kier alpha value is -2.49. The number of hydrogen-bond acceptors (Lipinski definition) is 2. The Morgan fingerprint density at radius 1 is 1.09 bits per heavy atom. The standard InChI is InChI=1S/C18H22N2O2/c1-12-8-9-15(10-13(12)2)14(3)19-18(21)20-16-6-5-7-17(11-16)22-4/h5-11,14H,1-4H3,(H2,19,20,21). The molecule has 0 bridgehead atoms. The third-order valence-electron chi connectivity index (χ3n) is 3.71. The molecule has 0 aliphatic heterocycles. The lowest BCUT2D eigenvalue weighted by Gasteiger charge is -2.16. The van der Waals surface area contributed by atoms with E-state index in [-0.39, 0.29) is 12.1 Å². The molecule has 0 aromatic heterocycles. The van der Waals surface area contributed by atoms with Gasteiger partial charge >= 0.3 is 6.03 Å². The monoisotopic (exact) mass is 298 g/mol. The summed E-state index contributed by atoms with van der Waals surface area (Å²) in [7, 11) is 1.60. The maximum absolute atomic E-state index is 12.1. The maximum atomic E-state index is 12.1. The molecule has 2 aromatic rings. The van der Waals surface area contributed by atoms with Crippen molar-refractivity contribution in [2.75, 3.05) is 12.4 Å². The molecule has 1 atom stereocenters. The summed E-state index contributed by atoms with van der Waals surface area (Å²) in [5, 5.41) is 5.75. The van der Waals surface area contributed by atoms with Gasteiger partial charge in [-0.1, -0.05) is 24.3 Å². The Kier molecular flexibility index (Phi) is 5.04. The van der Waals surface area contributed by atoms with E-state index in [2.05, 4.69) is 36.6 Å². The minimum Gasteiger partial charge on any atom is -0.497 e. The number of amides is 2. The topological polar surface area (TPSA) is 50.4 Å². The summed E-state index contributed by atoms with van der Waals surface area (Å²) in [5.74, 6) is 0.708. The van der Waals surface area contributed by atoms with E-state index < -0.39 is 0 Å². The van der Waals surface area contributed by atoms with Crippen LogP contribution in [0, 0.1) is 13.8 Å². The molecule has 2 amide bonds. The summed E-state index contributed by atoms with van der Waals surface area (Å²) < 4.78 is 5.14. The van der Waals surface area contributed by atoms with Gasteiger partial charge in [-0.3, -0.25) is 0 Å². The van der Waals surface area contributed by atoms with E-state index in [9.17, 15) is 4.79 Å². The minimum atomic E-state index is -0.237. The third kappa shape index (κ3) is 4.01. The predicted molar refractivity (Wildman–Crippen MR) is 89.5 cm³/mol. The Bertz CT molecular complexity index is 668. The molecule has 0 saturated heterocycles. The molecule has 2 rings (SSSR count). The van der Waals surface area contributed by atoms with Crippen molar-refractivity contribution in [1.82, 2.24) is 5.32 Å². The van der Waals surface area contributed by atoms with Gasteiger partial charge in [0.1, 0.15) is 5.75 Å². The molecule has 0 aliphatic carbocycles. The fraction of sp³-hybridized carbons (Fsp3) is 0.278. The van der Waals surface area contributed by atoms with Gasteiger partial charge < -0.3 is 15.4 Å². The molecule has 4 heteroatoms. The van der Waals surface area contributed by atoms with Crippen LogP contribution < -0.4 is 15.4 Å². The number of carbonyl (C=O) groups excluding carboxylic acids is 1. The summed E-state index contributed by atoms with van der Waals surface area (Å²) in [6.07, 6.45) is 0. The third-order valence-corrected chi connectivity index (χ3v) is 3.71. The van der Waals surface area contributed by atoms with E-state index in [1.165, 1.54) is 11.1 Å². The molecule has 0 fully saturated rings. The van der Waals surface area contributed by atoms with Gasteiger partial charge in [-0.25, -0.2) is 4.79 Å². The number of aryl methyl sites for hydroxylation is 2. The van der Waals surface area contributed by atoms with Crippen LogP contribution in [0.4, 0.5) is 10.5 Å². The van der Waals surface area contributed by atoms with E-state index in [1.807, 2.05) is 31.2 Å². The number of benzene rings is 2. The van der Waals surface area contributed by atoms with Crippen molar-refractivity contribution < 1.29 is 9.53 Å². The zero-order valence-electron chi connectivity index (χ0n) is 13.4. The highest BCUT2D eigenvalue weighted by molar-refractivity contribution is 5.89. The van der Waals surface area contributed by atoms with Gasteiger partial charge in [0.15, 0.2) is 0 Å². The molecule has 0 spiro atoms. The quantitative estimate of drug-likeness (QED) is 0.889. The van der Waals surface area contributed by atoms with Crippen molar-refractivity contribution in [3.8, 4) is 5.75 Å². The number of anilines is 1. The van der Waals surface area contributed by atoms with Crippen LogP contribution in [0.3, 0.4) is 0 Å². The lowest BCUT2D eigenvalue weighted by molar-refractivity contribution is 0.249. The minimum absolute atomic E-state index is 0.0649. The Morgan fingerprint density at radius 3 is 2.55 bits per heavy atom. The van der Waals surface area contributed by atoms with E-state index >= 15 is 0 Å². The number of hydrogen-bond donors (Lipinski definition) is 2. The summed E-state index contributed by atoms with van der Waals surface area (Å²) >= 11 is 0. The van der Waals surface area contributed by atoms with Crippen LogP contribution >= 0.6 is 0 Å². The second-order valence-electron chi connectivity index (χ2n) is 5.40. The predicted octanol–water partition coefficient (Wildman–Crippen LogP) is 4.19. The maximum Gasteiger partial charge on any atom is 0.319 e. The number of ether oxygens (including phenoxy) is 1. The summed E-state index contributed by atoms with van der Waals surface area (Å²) in [4.78, 5) is 12.1. The highest BCUT2D eigenvalue weighted by Crippen LogP contribution is 2.18. The van der Waals surface area contributed by atoms with E-state index in [0.29, 0.717) is 11.4 Å². The van der Waals surface area contributed by atoms with Gasteiger partial charge in [-0.2, -0.15) is 0 Å². The van der Waals surface area contributed by atoms with Crippen LogP contribution in [0.5, 0.6) is 5.75 Å². The van der Waals surface area contributed by atoms with E-state index in [4.69, 9.17) is 4.74 Å². The largest absolute Gasteiger partial charge is 0.497 e. The molecule has 0 radical (unpaired) electrons. The Morgan fingerprint density at radius 2 is 1.86 bits per heavy atom. The SMILES string of the molecule is COc1cccc(NC(=O)NC(C)c2ccc(C)c(C)c2)c1. The Labute approximate surface area is 131 Å². The molecule has 2 N–H and O–H groups in total. The second kappa shape index (κ2) is 6.98. The van der Waals surface area contributed by atoms with Gasteiger partial charge in [0.2, 0.25) is 0 Å². The van der Waals surface area contributed by atoms with E-state index in [0.717, 1.165) is 5.56 Å². The van der Waals surface area contributed by atoms with Crippen molar-refractivity contribution in [2.45, 2.75) is 26.8 Å². The Balaban J connectivity index is 2.00. The molecule has 0 heterocycles. The first-order valence-corrected chi connectivity index (χ1v) is 7.28. The van der Waals surface area contributed by atoms with Crippen molar-refractivity contribution in [3.05, 3.63) is 59.2 Å². The first-order valence-electron chi connectivity index (χ1n) is 7.28.